The molecule has 3 aromatic rings. The molecule has 0 spiro atoms. The van der Waals surface area contributed by atoms with Crippen LogP contribution in [-0.4, -0.2) is 22.9 Å². The van der Waals surface area contributed by atoms with Gasteiger partial charge in [0, 0.05) is 11.6 Å². The van der Waals surface area contributed by atoms with E-state index in [4.69, 9.17) is 0 Å². The molecule has 0 amide bonds. The van der Waals surface area contributed by atoms with Gasteiger partial charge in [-0.05, 0) is 41.1 Å². The summed E-state index contributed by atoms with van der Waals surface area (Å²) in [7, 11) is 0. The number of benzene rings is 2. The van der Waals surface area contributed by atoms with E-state index in [1.165, 1.54) is 24.3 Å². The standard InChI is InChI=1S/C17H11F6N3O2/c1-9-5-12(10-3-2-4-11(7-10)17(21,22)23)14-13(6-9)26(27)25-15(24-14)28-8-16(18,19)20/h2-7H,8H2,1H3. The lowest BCUT2D eigenvalue weighted by molar-refractivity contribution is -0.643. The quantitative estimate of drug-likeness (QED) is 0.374. The lowest BCUT2D eigenvalue weighted by Gasteiger charge is -2.12. The SMILES string of the molecule is Cc1cc(-c2cccc(C(F)(F)F)c2)c2nc(OCC(F)(F)F)n[n+]([O-])c2c1. The molecule has 0 bridgehead atoms. The number of alkyl halides is 6. The molecule has 148 valence electrons. The van der Waals surface area contributed by atoms with Crippen molar-refractivity contribution in [1.29, 1.82) is 0 Å². The summed E-state index contributed by atoms with van der Waals surface area (Å²) in [6, 6.07) is 6.29. The Kier molecular flexibility index (Phi) is 4.77. The predicted molar refractivity (Wildman–Crippen MR) is 85.2 cm³/mol. The molecule has 28 heavy (non-hydrogen) atoms. The van der Waals surface area contributed by atoms with Gasteiger partial charge in [-0.25, -0.2) is 0 Å². The fourth-order valence-electron chi connectivity index (χ4n) is 2.56. The van der Waals surface area contributed by atoms with Crippen LogP contribution in [0.4, 0.5) is 26.3 Å². The van der Waals surface area contributed by atoms with Gasteiger partial charge in [-0.15, -0.1) is 0 Å². The molecule has 5 nitrogen and oxygen atoms in total. The van der Waals surface area contributed by atoms with Crippen LogP contribution in [-0.2, 0) is 6.18 Å². The van der Waals surface area contributed by atoms with E-state index in [-0.39, 0.29) is 27.0 Å². The highest BCUT2D eigenvalue weighted by molar-refractivity contribution is 5.90. The monoisotopic (exact) mass is 403 g/mol. The minimum atomic E-state index is -4.68. The summed E-state index contributed by atoms with van der Waals surface area (Å²) in [6.45, 7) is -0.117. The van der Waals surface area contributed by atoms with Crippen molar-refractivity contribution in [3.8, 4) is 17.1 Å². The van der Waals surface area contributed by atoms with Gasteiger partial charge in [0.05, 0.1) is 10.7 Å². The third kappa shape index (κ3) is 4.24. The molecule has 0 fully saturated rings. The Morgan fingerprint density at radius 2 is 1.79 bits per heavy atom. The van der Waals surface area contributed by atoms with Gasteiger partial charge in [-0.3, -0.25) is 0 Å². The van der Waals surface area contributed by atoms with Crippen LogP contribution in [0.3, 0.4) is 0 Å². The van der Waals surface area contributed by atoms with E-state index < -0.39 is 30.5 Å². The Bertz CT molecular complexity index is 1030. The maximum Gasteiger partial charge on any atom is 0.422 e. The molecule has 0 radical (unpaired) electrons. The second kappa shape index (κ2) is 6.80. The molecule has 11 heteroatoms. The summed E-state index contributed by atoms with van der Waals surface area (Å²) >= 11 is 0. The average molecular weight is 403 g/mol. The topological polar surface area (TPSA) is 62.0 Å². The van der Waals surface area contributed by atoms with Gasteiger partial charge in [0.2, 0.25) is 0 Å². The van der Waals surface area contributed by atoms with Crippen molar-refractivity contribution in [1.82, 2.24) is 10.1 Å². The molecule has 0 saturated carbocycles. The van der Waals surface area contributed by atoms with Crippen molar-refractivity contribution >= 4 is 11.0 Å². The second-order valence-electron chi connectivity index (χ2n) is 5.93. The number of nitrogens with zero attached hydrogens (tertiary/aromatic N) is 3. The Balaban J connectivity index is 2.18. The van der Waals surface area contributed by atoms with Crippen LogP contribution >= 0.6 is 0 Å². The molecular formula is C17H11F6N3O2. The number of halogens is 6. The van der Waals surface area contributed by atoms with Gasteiger partial charge in [0.25, 0.3) is 5.52 Å². The minimum Gasteiger partial charge on any atom is -0.594 e. The number of aromatic nitrogens is 3. The molecule has 1 heterocycles. The molecular weight excluding hydrogens is 392 g/mol. The first-order chi connectivity index (χ1) is 12.9. The van der Waals surface area contributed by atoms with Crippen molar-refractivity contribution in [3.05, 3.63) is 52.7 Å². The fraction of sp³-hybridized carbons (Fsp3) is 0.235. The van der Waals surface area contributed by atoms with Gasteiger partial charge in [0.15, 0.2) is 12.1 Å². The zero-order chi connectivity index (χ0) is 20.7. The van der Waals surface area contributed by atoms with Crippen LogP contribution in [0.2, 0.25) is 0 Å². The summed E-state index contributed by atoms with van der Waals surface area (Å²) < 4.78 is 80.5. The predicted octanol–water partition coefficient (Wildman–Crippen LogP) is 4.20. The molecule has 0 aliphatic rings. The number of ether oxygens (including phenoxy) is 1. The number of hydrogen-bond donors (Lipinski definition) is 0. The number of aryl methyl sites for hydroxylation is 1. The van der Waals surface area contributed by atoms with E-state index >= 15 is 0 Å². The van der Waals surface area contributed by atoms with Crippen LogP contribution in [0.5, 0.6) is 6.01 Å². The first kappa shape index (κ1) is 19.6. The van der Waals surface area contributed by atoms with Crippen molar-refractivity contribution in [2.45, 2.75) is 19.3 Å². The summed E-state index contributed by atoms with van der Waals surface area (Å²) in [4.78, 5) is 3.84. The van der Waals surface area contributed by atoms with E-state index in [0.717, 1.165) is 12.1 Å². The third-order valence-corrected chi connectivity index (χ3v) is 3.69. The Labute approximate surface area is 153 Å². The van der Waals surface area contributed by atoms with E-state index in [1.54, 1.807) is 6.92 Å². The van der Waals surface area contributed by atoms with Crippen LogP contribution < -0.4 is 9.58 Å². The first-order valence-corrected chi connectivity index (χ1v) is 7.73. The molecule has 0 unspecified atom stereocenters. The number of hydrogen-bond acceptors (Lipinski definition) is 4. The summed E-state index contributed by atoms with van der Waals surface area (Å²) in [5, 5.41) is 15.4. The minimum absolute atomic E-state index is 0.0259. The molecule has 0 saturated heterocycles. The van der Waals surface area contributed by atoms with Crippen molar-refractivity contribution in [2.24, 2.45) is 0 Å². The highest BCUT2D eigenvalue weighted by Crippen LogP contribution is 2.34. The van der Waals surface area contributed by atoms with Crippen LogP contribution in [0, 0.1) is 12.1 Å². The Hall–Kier alpha value is -3.11. The van der Waals surface area contributed by atoms with Crippen molar-refractivity contribution in [3.63, 3.8) is 0 Å². The largest absolute Gasteiger partial charge is 0.594 e. The van der Waals surface area contributed by atoms with E-state index in [2.05, 4.69) is 14.8 Å². The zero-order valence-corrected chi connectivity index (χ0v) is 14.1. The van der Waals surface area contributed by atoms with Gasteiger partial charge < -0.3 is 9.94 Å². The van der Waals surface area contributed by atoms with Gasteiger partial charge in [-0.1, -0.05) is 12.1 Å². The lowest BCUT2D eigenvalue weighted by Crippen LogP contribution is -2.34. The number of fused-ring (bicyclic) bond motifs is 1. The third-order valence-electron chi connectivity index (χ3n) is 3.69. The van der Waals surface area contributed by atoms with Crippen LogP contribution in [0.25, 0.3) is 22.2 Å². The molecule has 0 aliphatic heterocycles. The van der Waals surface area contributed by atoms with Crippen molar-refractivity contribution in [2.75, 3.05) is 6.61 Å². The highest BCUT2D eigenvalue weighted by Gasteiger charge is 2.31. The Morgan fingerprint density at radius 3 is 2.43 bits per heavy atom. The highest BCUT2D eigenvalue weighted by atomic mass is 19.4. The van der Waals surface area contributed by atoms with Gasteiger partial charge >= 0.3 is 18.4 Å². The van der Waals surface area contributed by atoms with Gasteiger partial charge in [0.1, 0.15) is 0 Å². The molecule has 0 atom stereocenters. The maximum absolute atomic E-state index is 13.0. The van der Waals surface area contributed by atoms with E-state index in [9.17, 15) is 31.5 Å². The molecule has 0 N–H and O–H groups in total. The average Bonchev–Trinajstić information content (AvgIpc) is 2.59. The second-order valence-corrected chi connectivity index (χ2v) is 5.93. The van der Waals surface area contributed by atoms with Gasteiger partial charge in [-0.2, -0.15) is 31.3 Å². The molecule has 3 rings (SSSR count). The summed E-state index contributed by atoms with van der Waals surface area (Å²) in [5.74, 6) is 0. The maximum atomic E-state index is 13.0. The first-order valence-electron chi connectivity index (χ1n) is 7.73. The summed E-state index contributed by atoms with van der Waals surface area (Å²) in [5.41, 5.74) is -0.429. The molecule has 0 aliphatic carbocycles. The zero-order valence-electron chi connectivity index (χ0n) is 14.1. The van der Waals surface area contributed by atoms with Crippen molar-refractivity contribution < 1.29 is 35.9 Å². The fourth-order valence-corrected chi connectivity index (χ4v) is 2.56. The molecule has 2 aromatic carbocycles. The van der Waals surface area contributed by atoms with Crippen LogP contribution in [0.1, 0.15) is 11.1 Å². The molecule has 1 aromatic heterocycles. The normalized spacial score (nSPS) is 12.4. The Morgan fingerprint density at radius 1 is 1.07 bits per heavy atom. The van der Waals surface area contributed by atoms with E-state index in [1.807, 2.05) is 0 Å². The van der Waals surface area contributed by atoms with Crippen LogP contribution in [0.15, 0.2) is 36.4 Å². The smallest absolute Gasteiger partial charge is 0.422 e. The lowest BCUT2D eigenvalue weighted by atomic mass is 9.99. The number of rotatable bonds is 3. The summed E-state index contributed by atoms with van der Waals surface area (Å²) in [6.07, 6.45) is -9.27. The van der Waals surface area contributed by atoms with E-state index in [0.29, 0.717) is 5.56 Å².